The maximum atomic E-state index is 12.8. The van der Waals surface area contributed by atoms with Crippen LogP contribution in [0.2, 0.25) is 0 Å². The van der Waals surface area contributed by atoms with Crippen molar-refractivity contribution in [1.82, 2.24) is 16.3 Å². The van der Waals surface area contributed by atoms with E-state index in [4.69, 9.17) is 0 Å². The molecule has 0 aliphatic rings. The zero-order valence-corrected chi connectivity index (χ0v) is 21.3. The second kappa shape index (κ2) is 11.5. The summed E-state index contributed by atoms with van der Waals surface area (Å²) >= 11 is 1.67. The van der Waals surface area contributed by atoms with Gasteiger partial charge in [0.25, 0.3) is 5.91 Å². The third kappa shape index (κ3) is 5.61. The molecule has 37 heavy (non-hydrogen) atoms. The van der Waals surface area contributed by atoms with E-state index in [0.717, 1.165) is 33.3 Å². The van der Waals surface area contributed by atoms with E-state index in [2.05, 4.69) is 69.5 Å². The zero-order chi connectivity index (χ0) is 25.6. The molecule has 0 aromatic heterocycles. The summed E-state index contributed by atoms with van der Waals surface area (Å²) in [4.78, 5) is 25.5. The standard InChI is InChI=1S/C29H29N5O2S/c1-37-17-16-25(33-32-22-8-3-2-4-9-22)29(36)34-30-18-26(35)31-24-15-13-21-11-10-19-6-5-7-20-12-14-23(24)28(21)27(19)20/h2-15,25,30,32-33H,16-18H2,1H3,(H,31,35)(H,34,36). The fraction of sp³-hybridized carbons (Fsp3) is 0.172. The van der Waals surface area contributed by atoms with Gasteiger partial charge in [0.15, 0.2) is 0 Å². The quantitative estimate of drug-likeness (QED) is 0.128. The molecule has 0 heterocycles. The molecule has 0 saturated carbocycles. The Balaban J connectivity index is 1.21. The fourth-order valence-corrected chi connectivity index (χ4v) is 5.01. The molecule has 0 aliphatic carbocycles. The smallest absolute Gasteiger partial charge is 0.253 e. The molecule has 0 fully saturated rings. The van der Waals surface area contributed by atoms with Crippen molar-refractivity contribution >= 4 is 67.3 Å². The van der Waals surface area contributed by atoms with Crippen LogP contribution in [0.1, 0.15) is 6.42 Å². The van der Waals surface area contributed by atoms with E-state index in [9.17, 15) is 9.59 Å². The topological polar surface area (TPSA) is 94.3 Å². The van der Waals surface area contributed by atoms with Crippen molar-refractivity contribution in [3.05, 3.63) is 84.9 Å². The minimum absolute atomic E-state index is 0.0604. The number of carbonyl (C=O) groups is 2. The molecule has 0 radical (unpaired) electrons. The Hall–Kier alpha value is -3.85. The van der Waals surface area contributed by atoms with E-state index in [1.54, 1.807) is 11.8 Å². The van der Waals surface area contributed by atoms with Gasteiger partial charge in [0.1, 0.15) is 6.04 Å². The number of hydrogen-bond acceptors (Lipinski definition) is 6. The van der Waals surface area contributed by atoms with Crippen molar-refractivity contribution in [3.8, 4) is 0 Å². The average molecular weight is 512 g/mol. The van der Waals surface area contributed by atoms with Gasteiger partial charge >= 0.3 is 0 Å². The maximum absolute atomic E-state index is 12.8. The molecule has 188 valence electrons. The van der Waals surface area contributed by atoms with Crippen LogP contribution in [0.25, 0.3) is 32.3 Å². The van der Waals surface area contributed by atoms with E-state index in [1.165, 1.54) is 16.2 Å². The molecule has 8 heteroatoms. The number of para-hydroxylation sites is 1. The lowest BCUT2D eigenvalue weighted by atomic mass is 9.93. The first-order chi connectivity index (χ1) is 18.1. The second-order valence-electron chi connectivity index (χ2n) is 8.83. The van der Waals surface area contributed by atoms with Crippen LogP contribution in [0.3, 0.4) is 0 Å². The lowest BCUT2D eigenvalue weighted by Gasteiger charge is -2.19. The van der Waals surface area contributed by atoms with Crippen LogP contribution in [0, 0.1) is 0 Å². The first-order valence-corrected chi connectivity index (χ1v) is 13.6. The fourth-order valence-electron chi connectivity index (χ4n) is 4.53. The zero-order valence-electron chi connectivity index (χ0n) is 20.5. The highest BCUT2D eigenvalue weighted by Crippen LogP contribution is 2.37. The lowest BCUT2D eigenvalue weighted by molar-refractivity contribution is -0.124. The Morgan fingerprint density at radius 1 is 0.811 bits per heavy atom. The highest BCUT2D eigenvalue weighted by atomic mass is 32.2. The summed E-state index contributed by atoms with van der Waals surface area (Å²) in [6.45, 7) is -0.0604. The van der Waals surface area contributed by atoms with Gasteiger partial charge < -0.3 is 10.7 Å². The average Bonchev–Trinajstić information content (AvgIpc) is 2.93. The van der Waals surface area contributed by atoms with Crippen LogP contribution < -0.4 is 27.0 Å². The number of rotatable bonds is 11. The Kier molecular flexibility index (Phi) is 7.70. The van der Waals surface area contributed by atoms with Gasteiger partial charge in [0.05, 0.1) is 6.54 Å². The molecule has 5 aromatic rings. The number of hydrogen-bond donors (Lipinski definition) is 5. The van der Waals surface area contributed by atoms with E-state index in [-0.39, 0.29) is 18.4 Å². The minimum atomic E-state index is -0.471. The first-order valence-electron chi connectivity index (χ1n) is 12.2. The molecule has 0 aliphatic heterocycles. The maximum Gasteiger partial charge on any atom is 0.253 e. The Bertz CT molecular complexity index is 1510. The van der Waals surface area contributed by atoms with E-state index in [1.807, 2.05) is 48.7 Å². The van der Waals surface area contributed by atoms with Crippen LogP contribution in [-0.4, -0.2) is 36.4 Å². The molecule has 0 saturated heterocycles. The summed E-state index contributed by atoms with van der Waals surface area (Å²) in [5, 5.41) is 9.82. The van der Waals surface area contributed by atoms with Gasteiger partial charge in [-0.05, 0) is 63.6 Å². The Labute approximate surface area is 219 Å². The summed E-state index contributed by atoms with van der Waals surface area (Å²) < 4.78 is 0. The number of carbonyl (C=O) groups excluding carboxylic acids is 2. The number of amides is 2. The summed E-state index contributed by atoms with van der Waals surface area (Å²) in [7, 11) is 0. The number of hydrazine groups is 2. The van der Waals surface area contributed by atoms with Gasteiger partial charge in [-0.25, -0.2) is 10.9 Å². The number of thioether (sulfide) groups is 1. The predicted octanol–water partition coefficient (Wildman–Crippen LogP) is 4.88. The summed E-state index contributed by atoms with van der Waals surface area (Å²) in [5.41, 5.74) is 13.2. The molecule has 0 bridgehead atoms. The number of benzene rings is 5. The minimum Gasteiger partial charge on any atom is -0.324 e. The molecule has 1 unspecified atom stereocenters. The van der Waals surface area contributed by atoms with Gasteiger partial charge in [-0.1, -0.05) is 66.7 Å². The summed E-state index contributed by atoms with van der Waals surface area (Å²) in [6.07, 6.45) is 2.63. The van der Waals surface area contributed by atoms with Crippen molar-refractivity contribution in [2.24, 2.45) is 0 Å². The molecule has 7 nitrogen and oxygen atoms in total. The van der Waals surface area contributed by atoms with Crippen LogP contribution >= 0.6 is 11.8 Å². The first kappa shape index (κ1) is 24.8. The normalized spacial score (nSPS) is 12.1. The van der Waals surface area contributed by atoms with Gasteiger partial charge in [-0.3, -0.25) is 15.0 Å². The van der Waals surface area contributed by atoms with Crippen molar-refractivity contribution in [2.75, 3.05) is 29.3 Å². The van der Waals surface area contributed by atoms with Crippen molar-refractivity contribution in [3.63, 3.8) is 0 Å². The summed E-state index contributed by atoms with van der Waals surface area (Å²) in [5.74, 6) is 0.329. The molecule has 0 spiro atoms. The van der Waals surface area contributed by atoms with Crippen LogP contribution in [0.15, 0.2) is 84.9 Å². The third-order valence-electron chi connectivity index (χ3n) is 6.35. The van der Waals surface area contributed by atoms with Crippen LogP contribution in [-0.2, 0) is 9.59 Å². The number of anilines is 2. The molecule has 2 amide bonds. The Morgan fingerprint density at radius 3 is 2.27 bits per heavy atom. The predicted molar refractivity (Wildman–Crippen MR) is 155 cm³/mol. The number of nitrogens with one attached hydrogen (secondary N) is 5. The molecule has 5 rings (SSSR count). The third-order valence-corrected chi connectivity index (χ3v) is 7.00. The van der Waals surface area contributed by atoms with Gasteiger partial charge in [0, 0.05) is 16.8 Å². The lowest BCUT2D eigenvalue weighted by Crippen LogP contribution is -2.52. The Morgan fingerprint density at radius 2 is 1.51 bits per heavy atom. The molecular formula is C29H29N5O2S. The van der Waals surface area contributed by atoms with Crippen molar-refractivity contribution in [2.45, 2.75) is 12.5 Å². The SMILES string of the molecule is CSCCC(NNc1ccccc1)C(=O)NNCC(=O)Nc1ccc2ccc3cccc4ccc1c2c34. The molecule has 1 atom stereocenters. The van der Waals surface area contributed by atoms with E-state index < -0.39 is 6.04 Å². The monoisotopic (exact) mass is 511 g/mol. The summed E-state index contributed by atoms with van der Waals surface area (Å²) in [6, 6.07) is 27.7. The molecule has 5 aromatic carbocycles. The van der Waals surface area contributed by atoms with Crippen LogP contribution in [0.5, 0.6) is 0 Å². The van der Waals surface area contributed by atoms with Crippen molar-refractivity contribution < 1.29 is 9.59 Å². The van der Waals surface area contributed by atoms with Crippen molar-refractivity contribution in [1.29, 1.82) is 0 Å². The van der Waals surface area contributed by atoms with Gasteiger partial charge in [-0.2, -0.15) is 11.8 Å². The highest BCUT2D eigenvalue weighted by molar-refractivity contribution is 7.98. The highest BCUT2D eigenvalue weighted by Gasteiger charge is 2.18. The van der Waals surface area contributed by atoms with Gasteiger partial charge in [0.2, 0.25) is 5.91 Å². The largest absolute Gasteiger partial charge is 0.324 e. The van der Waals surface area contributed by atoms with E-state index >= 15 is 0 Å². The molecular weight excluding hydrogens is 482 g/mol. The second-order valence-corrected chi connectivity index (χ2v) is 9.82. The molecule has 5 N–H and O–H groups in total. The van der Waals surface area contributed by atoms with Gasteiger partial charge in [-0.15, -0.1) is 0 Å². The van der Waals surface area contributed by atoms with Crippen LogP contribution in [0.4, 0.5) is 11.4 Å². The van der Waals surface area contributed by atoms with E-state index in [0.29, 0.717) is 6.42 Å².